The second-order valence-electron chi connectivity index (χ2n) is 11.3. The molecule has 2 aliphatic rings. The van der Waals surface area contributed by atoms with E-state index < -0.39 is 36.5 Å². The van der Waals surface area contributed by atoms with Crippen LogP contribution in [-0.4, -0.2) is 62.3 Å². The predicted octanol–water partition coefficient (Wildman–Crippen LogP) is 6.52. The molecule has 5 atom stereocenters. The molecule has 2 saturated heterocycles. The first-order valence-electron chi connectivity index (χ1n) is 15.0. The number of esters is 1. The average Bonchev–Trinajstić information content (AvgIpc) is 3.41. The number of benzene rings is 1. The van der Waals surface area contributed by atoms with Gasteiger partial charge in [-0.3, -0.25) is 10.1 Å². The van der Waals surface area contributed by atoms with Gasteiger partial charge in [0.25, 0.3) is 0 Å². The molecule has 40 heavy (non-hydrogen) atoms. The van der Waals surface area contributed by atoms with Gasteiger partial charge in [-0.15, -0.1) is 0 Å². The van der Waals surface area contributed by atoms with Gasteiger partial charge in [0.1, 0.15) is 24.4 Å². The SMILES string of the molecule is CCCCCCCCCCCCO[C@H]1O[C@H]([C@@H](C)OC(=O)Nc2ccc(CC(=O)OC)cc2)[C@@H]2OC(C)(C)O[C@H]12. The summed E-state index contributed by atoms with van der Waals surface area (Å²) in [6.07, 6.45) is 9.65. The molecule has 0 aromatic heterocycles. The molecule has 0 bridgehead atoms. The number of nitrogens with one attached hydrogen (secondary N) is 1. The van der Waals surface area contributed by atoms with Gasteiger partial charge in [0.05, 0.1) is 13.5 Å². The Kier molecular flexibility index (Phi) is 13.2. The van der Waals surface area contributed by atoms with E-state index in [1.54, 1.807) is 31.2 Å². The molecule has 226 valence electrons. The van der Waals surface area contributed by atoms with E-state index in [1.165, 1.54) is 58.5 Å². The molecule has 9 nitrogen and oxygen atoms in total. The van der Waals surface area contributed by atoms with E-state index in [9.17, 15) is 9.59 Å². The molecule has 0 spiro atoms. The molecule has 0 aliphatic carbocycles. The number of methoxy groups -OCH3 is 1. The van der Waals surface area contributed by atoms with Crippen LogP contribution in [0.5, 0.6) is 0 Å². The molecular weight excluding hydrogens is 514 g/mol. The molecule has 1 aromatic carbocycles. The Bertz CT molecular complexity index is 905. The molecule has 1 N–H and O–H groups in total. The van der Waals surface area contributed by atoms with Crippen molar-refractivity contribution in [1.29, 1.82) is 0 Å². The Morgan fingerprint density at radius 2 is 1.52 bits per heavy atom. The average molecular weight is 564 g/mol. The van der Waals surface area contributed by atoms with E-state index in [1.807, 2.05) is 13.8 Å². The van der Waals surface area contributed by atoms with Crippen LogP contribution in [0.2, 0.25) is 0 Å². The summed E-state index contributed by atoms with van der Waals surface area (Å²) in [5.41, 5.74) is 1.34. The highest BCUT2D eigenvalue weighted by atomic mass is 16.8. The number of hydrogen-bond donors (Lipinski definition) is 1. The Morgan fingerprint density at radius 3 is 2.15 bits per heavy atom. The van der Waals surface area contributed by atoms with Crippen LogP contribution in [0.1, 0.15) is 97.5 Å². The third-order valence-electron chi connectivity index (χ3n) is 7.36. The first kappa shape index (κ1) is 32.3. The van der Waals surface area contributed by atoms with E-state index >= 15 is 0 Å². The number of carbonyl (C=O) groups is 2. The summed E-state index contributed by atoms with van der Waals surface area (Å²) in [5, 5.41) is 2.72. The van der Waals surface area contributed by atoms with Crippen molar-refractivity contribution in [3.63, 3.8) is 0 Å². The fourth-order valence-corrected chi connectivity index (χ4v) is 5.22. The van der Waals surface area contributed by atoms with Gasteiger partial charge in [-0.1, -0.05) is 76.8 Å². The number of amides is 1. The number of ether oxygens (including phenoxy) is 6. The van der Waals surface area contributed by atoms with Gasteiger partial charge in [-0.2, -0.15) is 0 Å². The van der Waals surface area contributed by atoms with Crippen molar-refractivity contribution in [2.75, 3.05) is 19.0 Å². The maximum Gasteiger partial charge on any atom is 0.411 e. The summed E-state index contributed by atoms with van der Waals surface area (Å²) >= 11 is 0. The van der Waals surface area contributed by atoms with Gasteiger partial charge in [0.2, 0.25) is 0 Å². The zero-order chi connectivity index (χ0) is 29.0. The topological polar surface area (TPSA) is 102 Å². The first-order valence-corrected chi connectivity index (χ1v) is 15.0. The van der Waals surface area contributed by atoms with Gasteiger partial charge >= 0.3 is 12.1 Å². The number of unbranched alkanes of at least 4 members (excludes halogenated alkanes) is 9. The van der Waals surface area contributed by atoms with Crippen LogP contribution in [0.25, 0.3) is 0 Å². The van der Waals surface area contributed by atoms with E-state index in [0.717, 1.165) is 18.4 Å². The molecular formula is C31H49NO8. The van der Waals surface area contributed by atoms with Gasteiger partial charge in [0.15, 0.2) is 12.1 Å². The van der Waals surface area contributed by atoms with Crippen molar-refractivity contribution in [3.8, 4) is 0 Å². The number of hydrogen-bond acceptors (Lipinski definition) is 8. The number of rotatable bonds is 17. The number of fused-ring (bicyclic) bond motifs is 1. The lowest BCUT2D eigenvalue weighted by Gasteiger charge is -2.27. The van der Waals surface area contributed by atoms with Crippen molar-refractivity contribution < 1.29 is 38.0 Å². The Balaban J connectivity index is 1.41. The van der Waals surface area contributed by atoms with Crippen molar-refractivity contribution in [2.45, 2.75) is 135 Å². The minimum Gasteiger partial charge on any atom is -0.469 e. The molecule has 2 heterocycles. The van der Waals surface area contributed by atoms with Crippen LogP contribution in [0.4, 0.5) is 10.5 Å². The largest absolute Gasteiger partial charge is 0.469 e. The third kappa shape index (κ3) is 10.3. The molecule has 9 heteroatoms. The summed E-state index contributed by atoms with van der Waals surface area (Å²) in [5.74, 6) is -1.10. The predicted molar refractivity (Wildman–Crippen MR) is 152 cm³/mol. The minimum absolute atomic E-state index is 0.167. The Morgan fingerprint density at radius 1 is 0.925 bits per heavy atom. The smallest absolute Gasteiger partial charge is 0.411 e. The van der Waals surface area contributed by atoms with Gasteiger partial charge in [0, 0.05) is 12.3 Å². The molecule has 2 aliphatic heterocycles. The van der Waals surface area contributed by atoms with Gasteiger partial charge < -0.3 is 28.4 Å². The summed E-state index contributed by atoms with van der Waals surface area (Å²) in [6, 6.07) is 6.92. The van der Waals surface area contributed by atoms with Gasteiger partial charge in [-0.25, -0.2) is 4.79 Å². The number of carbonyl (C=O) groups excluding carboxylic acids is 2. The normalized spacial score (nSPS) is 23.9. The summed E-state index contributed by atoms with van der Waals surface area (Å²) in [7, 11) is 1.35. The quantitative estimate of drug-likeness (QED) is 0.169. The van der Waals surface area contributed by atoms with Crippen molar-refractivity contribution in [2.24, 2.45) is 0 Å². The lowest BCUT2D eigenvalue weighted by atomic mass is 10.1. The second-order valence-corrected chi connectivity index (χ2v) is 11.3. The zero-order valence-electron chi connectivity index (χ0n) is 24.9. The molecule has 0 radical (unpaired) electrons. The number of anilines is 1. The molecule has 2 fully saturated rings. The van der Waals surface area contributed by atoms with E-state index in [0.29, 0.717) is 12.3 Å². The van der Waals surface area contributed by atoms with Crippen LogP contribution in [-0.2, 0) is 39.6 Å². The van der Waals surface area contributed by atoms with E-state index in [-0.39, 0.29) is 18.5 Å². The monoisotopic (exact) mass is 563 g/mol. The standard InChI is InChI=1S/C31H49NO8/c1-6-7-8-9-10-11-12-13-14-15-20-36-29-28-27(39-31(3,4)40-28)26(38-29)22(2)37-30(34)32-24-18-16-23(17-19-24)21-25(33)35-5/h16-19,22,26-29H,6-15,20-21H2,1-5H3,(H,32,34)/t22-,26-,27+,28+,29+/m1/s1. The summed E-state index contributed by atoms with van der Waals surface area (Å²) in [6.45, 7) is 8.34. The van der Waals surface area contributed by atoms with Crippen LogP contribution in [0.15, 0.2) is 24.3 Å². The zero-order valence-corrected chi connectivity index (χ0v) is 24.9. The maximum atomic E-state index is 12.6. The van der Waals surface area contributed by atoms with Crippen molar-refractivity contribution >= 4 is 17.7 Å². The van der Waals surface area contributed by atoms with Crippen molar-refractivity contribution in [3.05, 3.63) is 29.8 Å². The molecule has 1 amide bonds. The minimum atomic E-state index is -0.774. The van der Waals surface area contributed by atoms with Crippen LogP contribution in [0, 0.1) is 0 Å². The third-order valence-corrected chi connectivity index (χ3v) is 7.36. The lowest BCUT2D eigenvalue weighted by Crippen LogP contribution is -2.40. The van der Waals surface area contributed by atoms with E-state index in [2.05, 4.69) is 17.0 Å². The maximum absolute atomic E-state index is 12.6. The highest BCUT2D eigenvalue weighted by Gasteiger charge is 2.57. The van der Waals surface area contributed by atoms with Crippen molar-refractivity contribution in [1.82, 2.24) is 0 Å². The van der Waals surface area contributed by atoms with E-state index in [4.69, 9.17) is 23.7 Å². The lowest BCUT2D eigenvalue weighted by molar-refractivity contribution is -0.241. The van der Waals surface area contributed by atoms with Crippen LogP contribution in [0.3, 0.4) is 0 Å². The molecule has 0 unspecified atom stereocenters. The van der Waals surface area contributed by atoms with Gasteiger partial charge in [-0.05, 0) is 44.9 Å². The molecule has 3 rings (SSSR count). The highest BCUT2D eigenvalue weighted by molar-refractivity contribution is 5.84. The highest BCUT2D eigenvalue weighted by Crippen LogP contribution is 2.40. The summed E-state index contributed by atoms with van der Waals surface area (Å²) < 4.78 is 34.8. The first-order chi connectivity index (χ1) is 19.2. The fourth-order valence-electron chi connectivity index (χ4n) is 5.22. The Hall–Kier alpha value is -2.20. The Labute approximate surface area is 239 Å². The van der Waals surface area contributed by atoms with Crippen LogP contribution < -0.4 is 5.32 Å². The summed E-state index contributed by atoms with van der Waals surface area (Å²) in [4.78, 5) is 24.0. The molecule has 1 aromatic rings. The molecule has 0 saturated carbocycles. The fraction of sp³-hybridized carbons (Fsp3) is 0.742. The van der Waals surface area contributed by atoms with Crippen LogP contribution >= 0.6 is 0 Å². The second kappa shape index (κ2) is 16.3.